The molecule has 0 heterocycles. The molecule has 0 amide bonds. The molecule has 0 fully saturated rings. The Labute approximate surface area is 279 Å². The Morgan fingerprint density at radius 3 is 1.24 bits per heavy atom. The van der Waals surface area contributed by atoms with Crippen LogP contribution in [0.3, 0.4) is 0 Å². The molecule has 232 valence electrons. The second-order valence-corrected chi connectivity index (χ2v) is 13.4. The number of benzene rings is 4. The summed E-state index contributed by atoms with van der Waals surface area (Å²) in [6.45, 7) is 8.25. The third kappa shape index (κ3) is 7.64. The molecular formula is C42H47BrN2. The van der Waals surface area contributed by atoms with Gasteiger partial charge in [0.25, 0.3) is 0 Å². The normalized spacial score (nSPS) is 15.0. The van der Waals surface area contributed by atoms with E-state index in [4.69, 9.17) is 0 Å². The summed E-state index contributed by atoms with van der Waals surface area (Å²) in [5.41, 5.74) is 17.4. The fourth-order valence-corrected chi connectivity index (χ4v) is 7.41. The number of alkyl halides is 1. The molecule has 45 heavy (non-hydrogen) atoms. The van der Waals surface area contributed by atoms with Crippen LogP contribution >= 0.6 is 15.9 Å². The van der Waals surface area contributed by atoms with Crippen LogP contribution in [0.15, 0.2) is 98.1 Å². The zero-order chi connectivity index (χ0) is 31.0. The minimum atomic E-state index is 0.859. The van der Waals surface area contributed by atoms with Crippen molar-refractivity contribution in [1.82, 2.24) is 0 Å². The molecule has 4 aromatic carbocycles. The molecule has 0 aliphatic heterocycles. The predicted octanol–water partition coefficient (Wildman–Crippen LogP) is 11.0. The highest BCUT2D eigenvalue weighted by Crippen LogP contribution is 2.34. The van der Waals surface area contributed by atoms with Crippen LogP contribution in [0.4, 0.5) is 22.7 Å². The molecule has 2 nitrogen and oxygen atoms in total. The minimum absolute atomic E-state index is 0.859. The Hall–Kier alpha value is -3.56. The molecule has 8 rings (SSSR count). The van der Waals surface area contributed by atoms with Gasteiger partial charge in [-0.25, -0.2) is 0 Å². The summed E-state index contributed by atoms with van der Waals surface area (Å²) in [6.07, 6.45) is 19.0. The summed E-state index contributed by atoms with van der Waals surface area (Å²) in [5, 5.41) is 4.46. The van der Waals surface area contributed by atoms with Crippen molar-refractivity contribution in [1.29, 1.82) is 0 Å². The van der Waals surface area contributed by atoms with Crippen molar-refractivity contribution >= 4 is 38.7 Å². The van der Waals surface area contributed by atoms with E-state index in [1.807, 2.05) is 6.08 Å². The number of nitrogens with zero attached hydrogens (tertiary/aromatic N) is 1. The Morgan fingerprint density at radius 1 is 0.511 bits per heavy atom. The van der Waals surface area contributed by atoms with Crippen molar-refractivity contribution in [3.05, 3.63) is 143 Å². The predicted molar refractivity (Wildman–Crippen MR) is 198 cm³/mol. The number of nitrogens with one attached hydrogen (secondary N) is 1. The van der Waals surface area contributed by atoms with Gasteiger partial charge in [0.15, 0.2) is 0 Å². The van der Waals surface area contributed by atoms with Gasteiger partial charge in [0.1, 0.15) is 0 Å². The van der Waals surface area contributed by atoms with Crippen molar-refractivity contribution in [2.45, 2.75) is 77.0 Å². The van der Waals surface area contributed by atoms with Gasteiger partial charge in [0.05, 0.1) is 0 Å². The monoisotopic (exact) mass is 658 g/mol. The molecule has 0 unspecified atom stereocenters. The topological polar surface area (TPSA) is 15.3 Å². The fourth-order valence-electron chi connectivity index (χ4n) is 7.41. The Morgan fingerprint density at radius 2 is 0.867 bits per heavy atom. The molecule has 4 aromatic rings. The van der Waals surface area contributed by atoms with E-state index in [-0.39, 0.29) is 0 Å². The van der Waals surface area contributed by atoms with Crippen molar-refractivity contribution < 1.29 is 0 Å². The van der Waals surface area contributed by atoms with Crippen molar-refractivity contribution in [2.24, 2.45) is 0 Å². The number of rotatable bonds is 7. The van der Waals surface area contributed by atoms with E-state index in [2.05, 4.69) is 112 Å². The molecule has 0 atom stereocenters. The van der Waals surface area contributed by atoms with Crippen LogP contribution in [0.5, 0.6) is 0 Å². The molecule has 0 bridgehead atoms. The van der Waals surface area contributed by atoms with Gasteiger partial charge in [-0.3, -0.25) is 0 Å². The first-order chi connectivity index (χ1) is 22.1. The maximum Gasteiger partial charge on any atom is 0.0416 e. The van der Waals surface area contributed by atoms with E-state index in [1.54, 1.807) is 17.2 Å². The van der Waals surface area contributed by atoms with Gasteiger partial charge < -0.3 is 10.2 Å². The van der Waals surface area contributed by atoms with E-state index in [0.29, 0.717) is 0 Å². The first-order valence-corrected chi connectivity index (χ1v) is 18.1. The number of anilines is 4. The lowest BCUT2D eigenvalue weighted by atomic mass is 10.1. The highest BCUT2D eigenvalue weighted by Gasteiger charge is 2.17. The third-order valence-corrected chi connectivity index (χ3v) is 10.2. The van der Waals surface area contributed by atoms with Crippen LogP contribution in [0.25, 0.3) is 0 Å². The number of hydrogen-bond donors (Lipinski definition) is 1. The molecule has 0 spiro atoms. The second-order valence-electron chi connectivity index (χ2n) is 12.8. The zero-order valence-corrected chi connectivity index (χ0v) is 28.3. The summed E-state index contributed by atoms with van der Waals surface area (Å²) >= 11 is 3.13. The number of halogens is 1. The zero-order valence-electron chi connectivity index (χ0n) is 26.7. The van der Waals surface area contributed by atoms with Crippen molar-refractivity contribution in [3.8, 4) is 0 Å². The number of hydrogen-bond acceptors (Lipinski definition) is 2. The Kier molecular flexibility index (Phi) is 10.6. The molecular weight excluding hydrogens is 612 g/mol. The van der Waals surface area contributed by atoms with Gasteiger partial charge in [-0.1, -0.05) is 52.3 Å². The van der Waals surface area contributed by atoms with Crippen LogP contribution < -0.4 is 10.2 Å². The standard InChI is InChI=1S/C21H23N.C18H19N.C3H5Br/c1-2-13-22(20-11-9-16-5-3-7-18(16)14-20)21-12-10-17-6-4-8-19(17)15-21;1-3-13-7-9-17(11-15(13)5-1)19-18-10-8-14-4-2-6-16(14)12-18;1-2-3-4/h2,9-12,14-15H,1,3-8,13H2;7-12,19H,1-6H2;2H,1,3H2. The maximum absolute atomic E-state index is 3.95. The lowest BCUT2D eigenvalue weighted by Crippen LogP contribution is -2.17. The van der Waals surface area contributed by atoms with Gasteiger partial charge in [-0.05, 0) is 170 Å². The molecule has 0 saturated heterocycles. The maximum atomic E-state index is 3.95. The van der Waals surface area contributed by atoms with Gasteiger partial charge in [0.2, 0.25) is 0 Å². The van der Waals surface area contributed by atoms with E-state index in [0.717, 1.165) is 11.9 Å². The van der Waals surface area contributed by atoms with Crippen LogP contribution in [0, 0.1) is 0 Å². The summed E-state index contributed by atoms with van der Waals surface area (Å²) in [5.74, 6) is 0. The highest BCUT2D eigenvalue weighted by molar-refractivity contribution is 9.09. The quantitative estimate of drug-likeness (QED) is 0.157. The smallest absolute Gasteiger partial charge is 0.0416 e. The average Bonchev–Trinajstić information content (AvgIpc) is 3.90. The first-order valence-electron chi connectivity index (χ1n) is 16.9. The number of aryl methyl sites for hydroxylation is 8. The summed E-state index contributed by atoms with van der Waals surface area (Å²) in [6, 6.07) is 27.7. The number of fused-ring (bicyclic) bond motifs is 4. The summed E-state index contributed by atoms with van der Waals surface area (Å²) < 4.78 is 0. The SMILES string of the molecule is C=CCBr.C=CCN(c1ccc2c(c1)CCC2)c1ccc2c(c1)CCC2.c1cc2c(cc1Nc1ccc3c(c1)CCC3)CCC2. The van der Waals surface area contributed by atoms with Crippen LogP contribution in [0.1, 0.15) is 70.2 Å². The molecule has 0 aromatic heterocycles. The van der Waals surface area contributed by atoms with E-state index in [1.165, 1.54) is 133 Å². The van der Waals surface area contributed by atoms with Gasteiger partial charge in [-0.2, -0.15) is 0 Å². The molecule has 4 aliphatic carbocycles. The van der Waals surface area contributed by atoms with Gasteiger partial charge in [0, 0.05) is 34.6 Å². The summed E-state index contributed by atoms with van der Waals surface area (Å²) in [4.78, 5) is 2.39. The van der Waals surface area contributed by atoms with Crippen LogP contribution in [0.2, 0.25) is 0 Å². The van der Waals surface area contributed by atoms with Crippen molar-refractivity contribution in [3.63, 3.8) is 0 Å². The Balaban J connectivity index is 0.000000143. The van der Waals surface area contributed by atoms with Gasteiger partial charge in [-0.15, -0.1) is 13.2 Å². The molecule has 0 saturated carbocycles. The first kappa shape index (κ1) is 31.4. The van der Waals surface area contributed by atoms with Crippen molar-refractivity contribution in [2.75, 3.05) is 22.1 Å². The third-order valence-electron chi connectivity index (χ3n) is 9.69. The fraction of sp³-hybridized carbons (Fsp3) is 0.333. The van der Waals surface area contributed by atoms with E-state index >= 15 is 0 Å². The lowest BCUT2D eigenvalue weighted by molar-refractivity contribution is 0.911. The Bertz CT molecular complexity index is 1540. The lowest BCUT2D eigenvalue weighted by Gasteiger charge is -2.25. The molecule has 1 N–H and O–H groups in total. The number of allylic oxidation sites excluding steroid dienone is 1. The largest absolute Gasteiger partial charge is 0.356 e. The molecule has 4 aliphatic rings. The molecule has 3 heteroatoms. The second kappa shape index (κ2) is 15.1. The van der Waals surface area contributed by atoms with Crippen LogP contribution in [-0.2, 0) is 51.4 Å². The van der Waals surface area contributed by atoms with E-state index < -0.39 is 0 Å². The minimum Gasteiger partial charge on any atom is -0.356 e. The van der Waals surface area contributed by atoms with Gasteiger partial charge >= 0.3 is 0 Å². The molecule has 0 radical (unpaired) electrons. The summed E-state index contributed by atoms with van der Waals surface area (Å²) in [7, 11) is 0. The van der Waals surface area contributed by atoms with E-state index in [9.17, 15) is 0 Å². The average molecular weight is 660 g/mol. The van der Waals surface area contributed by atoms with Crippen LogP contribution in [-0.4, -0.2) is 11.9 Å². The highest BCUT2D eigenvalue weighted by atomic mass is 79.9.